The van der Waals surface area contributed by atoms with Crippen LogP contribution in [0, 0.1) is 0 Å². The summed E-state index contributed by atoms with van der Waals surface area (Å²) < 4.78 is 5.49. The Morgan fingerprint density at radius 3 is 2.64 bits per heavy atom. The van der Waals surface area contributed by atoms with Crippen LogP contribution in [0.5, 0.6) is 0 Å². The molecule has 1 amide bonds. The molecule has 3 heterocycles. The zero-order chi connectivity index (χ0) is 20.3. The van der Waals surface area contributed by atoms with Crippen molar-refractivity contribution in [3.63, 3.8) is 0 Å². The third-order valence-electron chi connectivity index (χ3n) is 5.21. The zero-order valence-corrected chi connectivity index (χ0v) is 17.4. The molecule has 0 aromatic carbocycles. The van der Waals surface area contributed by atoms with Gasteiger partial charge < -0.3 is 20.7 Å². The van der Waals surface area contributed by atoms with E-state index >= 15 is 0 Å². The number of guanidine groups is 1. The maximum atomic E-state index is 12.2. The van der Waals surface area contributed by atoms with Crippen molar-refractivity contribution in [2.24, 2.45) is 10.7 Å². The van der Waals surface area contributed by atoms with E-state index in [-0.39, 0.29) is 6.09 Å². The van der Waals surface area contributed by atoms with Crippen molar-refractivity contribution in [2.75, 3.05) is 32.0 Å². The summed E-state index contributed by atoms with van der Waals surface area (Å²) in [5.74, 6) is 1.10. The fraction of sp³-hybridized carbons (Fsp3) is 0.650. The molecule has 3 rings (SSSR count). The number of aliphatic imine (C=N–C) groups is 1. The van der Waals surface area contributed by atoms with Gasteiger partial charge in [0.15, 0.2) is 5.96 Å². The fourth-order valence-corrected chi connectivity index (χ4v) is 3.75. The minimum atomic E-state index is -0.446. The lowest BCUT2D eigenvalue weighted by Gasteiger charge is -2.40. The number of hydrogen-bond acceptors (Lipinski definition) is 5. The zero-order valence-electron chi connectivity index (χ0n) is 17.4. The molecule has 0 unspecified atom stereocenters. The Labute approximate surface area is 167 Å². The number of pyridine rings is 1. The number of anilines is 1. The summed E-state index contributed by atoms with van der Waals surface area (Å²) in [5.41, 5.74) is 7.66. The first-order chi connectivity index (χ1) is 13.2. The van der Waals surface area contributed by atoms with Crippen molar-refractivity contribution in [3.05, 3.63) is 23.4 Å². The fourth-order valence-electron chi connectivity index (χ4n) is 3.75. The number of amides is 1. The van der Waals surface area contributed by atoms with E-state index in [9.17, 15) is 4.79 Å². The normalized spacial score (nSPS) is 19.3. The van der Waals surface area contributed by atoms with Gasteiger partial charge in [-0.1, -0.05) is 6.07 Å². The highest BCUT2D eigenvalue weighted by atomic mass is 16.6. The van der Waals surface area contributed by atoms with Crippen molar-refractivity contribution in [1.82, 2.24) is 14.8 Å². The summed E-state index contributed by atoms with van der Waals surface area (Å²) >= 11 is 0. The first-order valence-electron chi connectivity index (χ1n) is 9.95. The van der Waals surface area contributed by atoms with Crippen LogP contribution in [0.3, 0.4) is 0 Å². The van der Waals surface area contributed by atoms with Crippen LogP contribution >= 0.6 is 0 Å². The lowest BCUT2D eigenvalue weighted by Crippen LogP contribution is -2.49. The second-order valence-electron chi connectivity index (χ2n) is 8.46. The average Bonchev–Trinajstić information content (AvgIpc) is 2.66. The number of carbonyl (C=O) groups excluding carboxylic acids is 1. The lowest BCUT2D eigenvalue weighted by molar-refractivity contribution is 0.0133. The van der Waals surface area contributed by atoms with Gasteiger partial charge in [0.25, 0.3) is 0 Å². The number of nitrogens with one attached hydrogen (secondary N) is 1. The van der Waals surface area contributed by atoms with Gasteiger partial charge in [0.2, 0.25) is 0 Å². The molecule has 0 atom stereocenters. The number of nitrogens with two attached hydrogens (primary N) is 1. The number of nitrogens with zero attached hydrogens (tertiary/aromatic N) is 4. The van der Waals surface area contributed by atoms with E-state index in [4.69, 9.17) is 10.5 Å². The minimum Gasteiger partial charge on any atom is -0.444 e. The maximum Gasteiger partial charge on any atom is 0.410 e. The van der Waals surface area contributed by atoms with Crippen molar-refractivity contribution in [3.8, 4) is 0 Å². The number of aromatic nitrogens is 1. The topological polar surface area (TPSA) is 96.1 Å². The van der Waals surface area contributed by atoms with Crippen LogP contribution in [0.15, 0.2) is 17.1 Å². The lowest BCUT2D eigenvalue weighted by atomic mass is 9.98. The van der Waals surface area contributed by atoms with E-state index in [1.165, 1.54) is 5.56 Å². The first-order valence-corrected chi connectivity index (χ1v) is 9.95. The maximum absolute atomic E-state index is 12.2. The molecule has 2 aliphatic heterocycles. The van der Waals surface area contributed by atoms with Crippen LogP contribution < -0.4 is 11.1 Å². The van der Waals surface area contributed by atoms with Gasteiger partial charge in [0.1, 0.15) is 11.4 Å². The van der Waals surface area contributed by atoms with Crippen LogP contribution in [0.25, 0.3) is 0 Å². The summed E-state index contributed by atoms with van der Waals surface area (Å²) in [6.45, 7) is 9.10. The average molecular weight is 389 g/mol. The largest absolute Gasteiger partial charge is 0.444 e. The molecule has 154 valence electrons. The van der Waals surface area contributed by atoms with E-state index in [1.54, 1.807) is 7.05 Å². The summed E-state index contributed by atoms with van der Waals surface area (Å²) in [6, 6.07) is 4.56. The summed E-state index contributed by atoms with van der Waals surface area (Å²) in [6.07, 6.45) is 2.67. The minimum absolute atomic E-state index is 0.200. The molecule has 3 N–H and O–H groups in total. The molecule has 0 aliphatic carbocycles. The second kappa shape index (κ2) is 8.34. The third kappa shape index (κ3) is 5.13. The third-order valence-corrected chi connectivity index (χ3v) is 5.21. The summed E-state index contributed by atoms with van der Waals surface area (Å²) in [4.78, 5) is 25.2. The first kappa shape index (κ1) is 20.4. The number of ether oxygens (including phenoxy) is 1. The Bertz CT molecular complexity index is 735. The standard InChI is InChI=1S/C20H32N6O2/c1-20(2,3)28-19(27)25-10-7-15(8-11-25)26-12-9-16-14(13-26)5-6-17(23-16)24-18(21)22-4/h5-6,15H,7-13H2,1-4H3,(H3,21,22,23,24). The van der Waals surface area contributed by atoms with Crippen LogP contribution in [0.4, 0.5) is 10.6 Å². The van der Waals surface area contributed by atoms with Gasteiger partial charge in [-0.2, -0.15) is 0 Å². The quantitative estimate of drug-likeness (QED) is 0.596. The number of likely N-dealkylation sites (tertiary alicyclic amines) is 1. The SMILES string of the molecule is CN=C(N)Nc1ccc2c(n1)CCN(C1CCN(C(=O)OC(C)(C)C)CC1)C2. The molecule has 1 aromatic rings. The molecule has 28 heavy (non-hydrogen) atoms. The van der Waals surface area contributed by atoms with Crippen LogP contribution in [0.2, 0.25) is 0 Å². The molecule has 1 saturated heterocycles. The van der Waals surface area contributed by atoms with Crippen molar-refractivity contribution < 1.29 is 9.53 Å². The van der Waals surface area contributed by atoms with Gasteiger partial charge in [-0.15, -0.1) is 0 Å². The molecule has 2 aliphatic rings. The molecule has 0 saturated carbocycles. The highest BCUT2D eigenvalue weighted by Crippen LogP contribution is 2.25. The molecule has 1 fully saturated rings. The Kier molecular flexibility index (Phi) is 6.07. The van der Waals surface area contributed by atoms with Crippen molar-refractivity contribution in [1.29, 1.82) is 0 Å². The number of hydrogen-bond donors (Lipinski definition) is 2. The molecular weight excluding hydrogens is 356 g/mol. The van der Waals surface area contributed by atoms with E-state index in [0.717, 1.165) is 57.0 Å². The van der Waals surface area contributed by atoms with Gasteiger partial charge in [-0.3, -0.25) is 9.89 Å². The Hall–Kier alpha value is -2.35. The molecule has 0 spiro atoms. The van der Waals surface area contributed by atoms with Crippen molar-refractivity contribution in [2.45, 2.75) is 58.2 Å². The number of fused-ring (bicyclic) bond motifs is 1. The van der Waals surface area contributed by atoms with E-state index < -0.39 is 5.60 Å². The van der Waals surface area contributed by atoms with Crippen LogP contribution in [-0.2, 0) is 17.7 Å². The molecule has 8 nitrogen and oxygen atoms in total. The molecule has 0 radical (unpaired) electrons. The highest BCUT2D eigenvalue weighted by molar-refractivity contribution is 5.91. The van der Waals surface area contributed by atoms with E-state index in [1.807, 2.05) is 31.7 Å². The van der Waals surface area contributed by atoms with E-state index in [0.29, 0.717) is 12.0 Å². The Morgan fingerprint density at radius 1 is 1.29 bits per heavy atom. The number of rotatable bonds is 2. The van der Waals surface area contributed by atoms with E-state index in [2.05, 4.69) is 26.3 Å². The molecule has 1 aromatic heterocycles. The van der Waals surface area contributed by atoms with Crippen molar-refractivity contribution >= 4 is 17.9 Å². The molecule has 0 bridgehead atoms. The van der Waals surface area contributed by atoms with Gasteiger partial charge >= 0.3 is 6.09 Å². The monoisotopic (exact) mass is 388 g/mol. The van der Waals surface area contributed by atoms with Crippen LogP contribution in [0.1, 0.15) is 44.9 Å². The van der Waals surface area contributed by atoms with Gasteiger partial charge in [0, 0.05) is 51.4 Å². The summed E-state index contributed by atoms with van der Waals surface area (Å²) in [7, 11) is 1.65. The predicted octanol–water partition coefficient (Wildman–Crippen LogP) is 2.20. The second-order valence-corrected chi connectivity index (χ2v) is 8.46. The molecular formula is C20H32N6O2. The highest BCUT2D eigenvalue weighted by Gasteiger charge is 2.31. The number of piperidine rings is 1. The van der Waals surface area contributed by atoms with Gasteiger partial charge in [0.05, 0.1) is 0 Å². The van der Waals surface area contributed by atoms with Gasteiger partial charge in [-0.05, 0) is 45.2 Å². The Morgan fingerprint density at radius 2 is 2.00 bits per heavy atom. The summed E-state index contributed by atoms with van der Waals surface area (Å²) in [5, 5.41) is 3.00. The smallest absolute Gasteiger partial charge is 0.410 e. The Balaban J connectivity index is 1.55. The van der Waals surface area contributed by atoms with Gasteiger partial charge in [-0.25, -0.2) is 9.78 Å². The number of carbonyl (C=O) groups is 1. The predicted molar refractivity (Wildman–Crippen MR) is 110 cm³/mol. The van der Waals surface area contributed by atoms with Crippen LogP contribution in [-0.4, -0.2) is 65.2 Å². The molecule has 8 heteroatoms.